The SMILES string of the molecule is C[n+]1[c-]n(-c2[c-]c(Cc3[c-]c(C4=NC=CC4)ccc3)ccc2)cc1.Cc1cc(C)n(-c2[c-]c(Cc3[c-]c(-n4[c-][n+](C)cc4)ccc3)ccc2)n1.Cc1cc(C)n(-c2[c-]c(Cc3[c-]c(C4=NC=CC4)ccc3)ccc2)n1.Cc1ccn(-c2[c-]c(Cc3[c-]c(-n4[c-][n+](C)cc4)ccc3)ccc2)n1.[Pd+2].[Pd+2].[Pd].[Pd].[Pd].[c-]1c(Cc2[c-]c(C3=NC=CC3)ccc2)cccc1C1=NC=CC1. The van der Waals surface area contributed by atoms with Gasteiger partial charge in [-0.15, -0.1) is 160 Å². The number of nitrogens with zero attached hydrogens (tertiary/aromatic N) is 16. The summed E-state index contributed by atoms with van der Waals surface area (Å²) >= 11 is 0. The van der Waals surface area contributed by atoms with Crippen LogP contribution in [-0.2, 0) is 155 Å². The number of allylic oxidation sites excluding steroid dienone is 4. The average molecular weight is 2130 g/mol. The van der Waals surface area contributed by atoms with E-state index in [0.717, 1.165) is 221 Å². The Hall–Kier alpha value is -11.6. The van der Waals surface area contributed by atoms with E-state index in [-0.39, 0.29) is 102 Å². The number of benzene rings is 10. The van der Waals surface area contributed by atoms with Crippen LogP contribution >= 0.6 is 0 Å². The molecule has 0 unspecified atom stereocenters. The molecule has 0 bridgehead atoms. The summed E-state index contributed by atoms with van der Waals surface area (Å²) in [6, 6.07) is 103. The van der Waals surface area contributed by atoms with Crippen LogP contribution in [-0.4, -0.2) is 65.9 Å². The first-order valence-electron chi connectivity index (χ1n) is 41.1. The molecule has 128 heavy (non-hydrogen) atoms. The van der Waals surface area contributed by atoms with Gasteiger partial charge in [0.1, 0.15) is 0 Å². The summed E-state index contributed by atoms with van der Waals surface area (Å²) in [5.41, 5.74) is 31.2. The Morgan fingerprint density at radius 1 is 0.281 bits per heavy atom. The molecule has 10 heterocycles. The molecule has 16 aromatic rings. The van der Waals surface area contributed by atoms with Gasteiger partial charge in [0.05, 0.1) is 38.2 Å². The van der Waals surface area contributed by atoms with E-state index in [2.05, 4.69) is 305 Å². The maximum Gasteiger partial charge on any atom is 2.00 e. The zero-order chi connectivity index (χ0) is 84.4. The van der Waals surface area contributed by atoms with Gasteiger partial charge >= 0.3 is 40.8 Å². The van der Waals surface area contributed by atoms with Crippen LogP contribution in [0.1, 0.15) is 132 Å². The van der Waals surface area contributed by atoms with E-state index >= 15 is 0 Å². The van der Waals surface area contributed by atoms with Gasteiger partial charge in [0.2, 0.25) is 19.0 Å². The number of rotatable bonds is 20. The predicted octanol–water partition coefficient (Wildman–Crippen LogP) is 17.5. The molecule has 0 radical (unpaired) electrons. The number of hydrogen-bond acceptors (Lipinski definition) is 7. The molecule has 0 N–H and O–H groups in total. The zero-order valence-electron chi connectivity index (χ0n) is 71.8. The van der Waals surface area contributed by atoms with Crippen LogP contribution in [0.5, 0.6) is 0 Å². The van der Waals surface area contributed by atoms with Crippen LogP contribution in [0.4, 0.5) is 0 Å². The molecule has 0 amide bonds. The van der Waals surface area contributed by atoms with Crippen molar-refractivity contribution in [1.29, 1.82) is 0 Å². The molecule has 20 rings (SSSR count). The fourth-order valence-electron chi connectivity index (χ4n) is 14.7. The van der Waals surface area contributed by atoms with E-state index in [9.17, 15) is 0 Å². The van der Waals surface area contributed by atoms with Crippen molar-refractivity contribution in [2.24, 2.45) is 41.1 Å². The summed E-state index contributed by atoms with van der Waals surface area (Å²) in [6.45, 7) is 10.1. The molecule has 4 aliphatic heterocycles. The monoisotopic (exact) mass is 2130 g/mol. The first kappa shape index (κ1) is 97.0. The maximum absolute atomic E-state index is 4.55. The van der Waals surface area contributed by atoms with E-state index < -0.39 is 0 Å². The second-order valence-corrected chi connectivity index (χ2v) is 30.5. The third kappa shape index (κ3) is 26.3. The van der Waals surface area contributed by atoms with Gasteiger partial charge in [-0.3, -0.25) is 14.0 Å². The minimum atomic E-state index is 0. The smallest absolute Gasteiger partial charge is 0.348 e. The molecule has 654 valence electrons. The van der Waals surface area contributed by atoms with E-state index in [4.69, 9.17) is 0 Å². The predicted molar refractivity (Wildman–Crippen MR) is 481 cm³/mol. The first-order chi connectivity index (χ1) is 60.1. The van der Waals surface area contributed by atoms with Crippen molar-refractivity contribution in [3.63, 3.8) is 0 Å². The third-order valence-corrected chi connectivity index (χ3v) is 20.5. The van der Waals surface area contributed by atoms with Crippen LogP contribution in [0.15, 0.2) is 313 Å². The topological polar surface area (TPSA) is 129 Å². The normalized spacial score (nSPS) is 12.3. The summed E-state index contributed by atoms with van der Waals surface area (Å²) in [5.74, 6) is 0. The van der Waals surface area contributed by atoms with Crippen molar-refractivity contribution in [2.45, 2.75) is 92.4 Å². The molecule has 0 fully saturated rings. The summed E-state index contributed by atoms with van der Waals surface area (Å²) < 4.78 is 17.3. The van der Waals surface area contributed by atoms with E-state index in [1.165, 1.54) is 0 Å². The van der Waals surface area contributed by atoms with Crippen molar-refractivity contribution < 1.29 is 116 Å². The molecule has 0 aliphatic carbocycles. The Kier molecular flexibility index (Phi) is 35.6. The van der Waals surface area contributed by atoms with Gasteiger partial charge in [0, 0.05) is 141 Å². The molecule has 0 saturated carbocycles. The molecule has 16 nitrogen and oxygen atoms in total. The number of aryl methyl sites for hydroxylation is 8. The second kappa shape index (κ2) is 46.9. The Bertz CT molecular complexity index is 6560. The molecular formula is C107H90N16Pd5-6. The fraction of sp³-hybridized carbons (Fsp3) is 0.159. The van der Waals surface area contributed by atoms with Gasteiger partial charge in [-0.05, 0) is 151 Å². The standard InChI is InChI=1S/C22H20N4.C22H19N3.C21H18N4.C21H17N3.C21H16N2.5Pd/c1-17-12-18(2)26(23-17)22-9-5-7-20(15-22)13-19-6-4-8-21(14-19)25-11-10-24(3)16-25;1-16-12-17(2)25(24-16)21-9-4-7-19(15-21)13-18-6-3-8-20(14-18)22-10-5-11-23-22;1-17-9-10-25(22-17)21-8-4-6-19(15-21)13-18-5-3-7-20(14-18)24-12-11-23(2)16-24;1-23-11-12-24(16-23)20-8-3-6-18(15-20)13-17-5-2-7-19(14-17)21-9-4-10-22-21;1-5-16(14-18(7-1)20-9-3-11-22-20)13-17-6-2-8-19(15-17)21-10-4-12-23-21;;;;;/h4-12H,13H2,1-3H3;3-9,11-12H,10,13H2,1-2H3;3-12H,13H2,1-2H3;2-8,10-12H,9,13H2,1H3;1-8,11-12H,9-10,13H2;;;;;/q5*-2;;;;2*+2. The summed E-state index contributed by atoms with van der Waals surface area (Å²) in [6.07, 6.45) is 46.7. The number of aliphatic imine (C=N–C) groups is 4. The fourth-order valence-corrected chi connectivity index (χ4v) is 14.7. The van der Waals surface area contributed by atoms with Gasteiger partial charge in [-0.2, -0.15) is 176 Å². The van der Waals surface area contributed by atoms with Crippen molar-refractivity contribution in [3.05, 3.63) is 479 Å². The van der Waals surface area contributed by atoms with Crippen LogP contribution < -0.4 is 13.7 Å². The molecular weight excluding hydrogens is 2040 g/mol. The molecule has 6 aromatic heterocycles. The molecule has 4 aliphatic rings. The summed E-state index contributed by atoms with van der Waals surface area (Å²) in [7, 11) is 5.87. The number of hydrogen-bond donors (Lipinski definition) is 0. The van der Waals surface area contributed by atoms with Gasteiger partial charge in [0.15, 0.2) is 0 Å². The first-order valence-corrected chi connectivity index (χ1v) is 41.1. The largest absolute Gasteiger partial charge is 2.00 e. The molecule has 0 spiro atoms. The molecule has 10 aromatic carbocycles. The van der Waals surface area contributed by atoms with Crippen LogP contribution in [0, 0.1) is 114 Å². The van der Waals surface area contributed by atoms with E-state index in [1.807, 2.05) is 200 Å². The minimum absolute atomic E-state index is 0. The second-order valence-electron chi connectivity index (χ2n) is 30.5. The van der Waals surface area contributed by atoms with Crippen molar-refractivity contribution >= 4 is 22.8 Å². The van der Waals surface area contributed by atoms with Crippen molar-refractivity contribution in [1.82, 2.24) is 43.0 Å². The number of imidazole rings is 3. The Labute approximate surface area is 820 Å². The van der Waals surface area contributed by atoms with Crippen LogP contribution in [0.25, 0.3) is 34.1 Å². The Balaban J connectivity index is 0.000000154. The van der Waals surface area contributed by atoms with Crippen molar-refractivity contribution in [2.75, 3.05) is 0 Å². The van der Waals surface area contributed by atoms with Gasteiger partial charge < -0.3 is 47.4 Å². The van der Waals surface area contributed by atoms with Crippen molar-refractivity contribution in [3.8, 4) is 34.1 Å². The summed E-state index contributed by atoms with van der Waals surface area (Å²) in [4.78, 5) is 17.6. The average Bonchev–Trinajstić information content (AvgIpc) is 1.76. The molecule has 0 saturated heterocycles. The molecule has 0 atom stereocenters. The Morgan fingerprint density at radius 2 is 0.531 bits per heavy atom. The van der Waals surface area contributed by atoms with E-state index in [0.29, 0.717) is 0 Å². The minimum Gasteiger partial charge on any atom is -0.348 e. The third-order valence-electron chi connectivity index (χ3n) is 20.5. The maximum atomic E-state index is 4.55. The number of aromatic nitrogens is 12. The van der Waals surface area contributed by atoms with Gasteiger partial charge in [-0.25, -0.2) is 0 Å². The quantitative estimate of drug-likeness (QED) is 0.0428. The molecule has 21 heteroatoms. The van der Waals surface area contributed by atoms with E-state index in [1.54, 1.807) is 0 Å². The van der Waals surface area contributed by atoms with Crippen LogP contribution in [0.3, 0.4) is 0 Å². The zero-order valence-corrected chi connectivity index (χ0v) is 79.6. The summed E-state index contributed by atoms with van der Waals surface area (Å²) in [5, 5.41) is 13.6. The van der Waals surface area contributed by atoms with Crippen LogP contribution in [0.2, 0.25) is 0 Å². The van der Waals surface area contributed by atoms with Gasteiger partial charge in [-0.1, -0.05) is 41.4 Å². The Morgan fingerprint density at radius 3 is 0.766 bits per heavy atom. The van der Waals surface area contributed by atoms with Gasteiger partial charge in [0.25, 0.3) is 0 Å².